The van der Waals surface area contributed by atoms with Crippen LogP contribution in [0.15, 0.2) is 22.7 Å². The topological polar surface area (TPSA) is 0 Å². The van der Waals surface area contributed by atoms with Gasteiger partial charge in [-0.15, -0.1) is 11.6 Å². The molecule has 0 saturated heterocycles. The van der Waals surface area contributed by atoms with Crippen LogP contribution in [0.4, 0.5) is 26.3 Å². The molecule has 1 unspecified atom stereocenters. The lowest BCUT2D eigenvalue weighted by Gasteiger charge is -2.07. The third kappa shape index (κ3) is 15.9. The number of rotatable bonds is 1. The van der Waals surface area contributed by atoms with Crippen LogP contribution in [-0.2, 0) is 0 Å². The maximum absolute atomic E-state index is 11.5. The fourth-order valence-electron chi connectivity index (χ4n) is 0.394. The molecule has 9 heteroatoms. The number of hydrogen-bond donors (Lipinski definition) is 0. The molecule has 17 heavy (non-hydrogen) atoms. The summed E-state index contributed by atoms with van der Waals surface area (Å²) >= 11 is 14.6. The van der Waals surface area contributed by atoms with E-state index < -0.39 is 22.2 Å². The fraction of sp³-hybridized carbons (Fsp3) is 0.500. The summed E-state index contributed by atoms with van der Waals surface area (Å²) in [6.07, 6.45) is -6.97. The average molecular weight is 323 g/mol. The van der Waals surface area contributed by atoms with E-state index in [1.165, 1.54) is 6.92 Å². The molecule has 0 aliphatic rings. The first-order chi connectivity index (χ1) is 7.40. The fourth-order valence-corrected chi connectivity index (χ4v) is 0.901. The molecule has 1 atom stereocenters. The molecule has 0 aromatic carbocycles. The number of allylic oxidation sites excluding steroid dienone is 3. The van der Waals surface area contributed by atoms with Gasteiger partial charge in [-0.2, -0.15) is 26.3 Å². The summed E-state index contributed by atoms with van der Waals surface area (Å²) in [4.78, 5) is 0. The SMILES string of the molecule is C/C=C/C(F)(F)F.FC(F)(F)C(Cl)C=C(Cl)Cl. The van der Waals surface area contributed by atoms with Crippen molar-refractivity contribution >= 4 is 34.8 Å². The van der Waals surface area contributed by atoms with Gasteiger partial charge >= 0.3 is 12.4 Å². The van der Waals surface area contributed by atoms with Crippen LogP contribution in [0.5, 0.6) is 0 Å². The predicted octanol–water partition coefficient (Wildman–Crippen LogP) is 5.60. The van der Waals surface area contributed by atoms with E-state index >= 15 is 0 Å². The van der Waals surface area contributed by atoms with Crippen molar-refractivity contribution in [3.05, 3.63) is 22.7 Å². The Hall–Kier alpha value is -0.0700. The van der Waals surface area contributed by atoms with E-state index in [4.69, 9.17) is 34.8 Å². The molecule has 0 aliphatic carbocycles. The van der Waals surface area contributed by atoms with E-state index in [1.807, 2.05) is 0 Å². The third-order valence-corrected chi connectivity index (χ3v) is 1.57. The van der Waals surface area contributed by atoms with Gasteiger partial charge in [-0.05, 0) is 13.0 Å². The second-order valence-corrected chi connectivity index (χ2v) is 3.92. The van der Waals surface area contributed by atoms with Crippen molar-refractivity contribution in [2.45, 2.75) is 24.7 Å². The molecule has 0 aromatic rings. The van der Waals surface area contributed by atoms with E-state index in [1.54, 1.807) is 0 Å². The summed E-state index contributed by atoms with van der Waals surface area (Å²) in [5.74, 6) is 0. The molecule has 0 amide bonds. The molecule has 0 rings (SSSR count). The van der Waals surface area contributed by atoms with Crippen LogP contribution in [0.1, 0.15) is 6.92 Å². The molecule has 102 valence electrons. The first kappa shape index (κ1) is 19.3. The molecular weight excluding hydrogens is 316 g/mol. The van der Waals surface area contributed by atoms with Crippen molar-refractivity contribution in [1.82, 2.24) is 0 Å². The minimum atomic E-state index is -4.49. The highest BCUT2D eigenvalue weighted by Crippen LogP contribution is 2.27. The van der Waals surface area contributed by atoms with Gasteiger partial charge in [-0.3, -0.25) is 0 Å². The van der Waals surface area contributed by atoms with Gasteiger partial charge in [0.15, 0.2) is 0 Å². The van der Waals surface area contributed by atoms with Crippen molar-refractivity contribution in [2.75, 3.05) is 0 Å². The van der Waals surface area contributed by atoms with Crippen LogP contribution < -0.4 is 0 Å². The van der Waals surface area contributed by atoms with Gasteiger partial charge in [0.25, 0.3) is 0 Å². The van der Waals surface area contributed by atoms with E-state index in [0.717, 1.165) is 6.08 Å². The van der Waals surface area contributed by atoms with Crippen LogP contribution in [0.3, 0.4) is 0 Å². The lowest BCUT2D eigenvalue weighted by molar-refractivity contribution is -0.121. The van der Waals surface area contributed by atoms with Crippen LogP contribution >= 0.6 is 34.8 Å². The van der Waals surface area contributed by atoms with E-state index in [0.29, 0.717) is 6.08 Å². The second kappa shape index (κ2) is 8.11. The Morgan fingerprint density at radius 1 is 1.06 bits per heavy atom. The maximum Gasteiger partial charge on any atom is 0.409 e. The Labute approximate surface area is 109 Å². The largest absolute Gasteiger partial charge is 0.409 e. The summed E-state index contributed by atoms with van der Waals surface area (Å²) in [5.41, 5.74) is 0. The van der Waals surface area contributed by atoms with E-state index in [-0.39, 0.29) is 6.08 Å². The Morgan fingerprint density at radius 2 is 1.47 bits per heavy atom. The standard InChI is InChI=1S/C4H2Cl3F3.C4H5F3/c5-2(1-3(6)7)4(8,9)10;1-2-3-4(5,6)7/h1-2H;2-3H,1H3/b;3-2+. The first-order valence-corrected chi connectivity index (χ1v) is 5.03. The molecule has 0 heterocycles. The normalized spacial score (nSPS) is 14.0. The van der Waals surface area contributed by atoms with E-state index in [2.05, 4.69) is 0 Å². The van der Waals surface area contributed by atoms with Gasteiger partial charge in [0.05, 0.1) is 0 Å². The van der Waals surface area contributed by atoms with Crippen molar-refractivity contribution < 1.29 is 26.3 Å². The molecule has 0 aromatic heterocycles. The molecule has 0 saturated carbocycles. The molecule has 0 N–H and O–H groups in total. The molecule has 0 spiro atoms. The van der Waals surface area contributed by atoms with Crippen molar-refractivity contribution in [1.29, 1.82) is 0 Å². The predicted molar refractivity (Wildman–Crippen MR) is 56.4 cm³/mol. The molecule has 0 nitrogen and oxygen atoms in total. The Kier molecular flexibility index (Phi) is 9.19. The minimum absolute atomic E-state index is 0.188. The van der Waals surface area contributed by atoms with E-state index in [9.17, 15) is 26.3 Å². The van der Waals surface area contributed by atoms with Crippen LogP contribution in [0, 0.1) is 0 Å². The summed E-state index contributed by atoms with van der Waals surface area (Å²) < 4.78 is 67.0. The molecule has 0 aliphatic heterocycles. The Bertz CT molecular complexity index is 261. The van der Waals surface area contributed by atoms with Gasteiger partial charge in [-0.25, -0.2) is 0 Å². The molecule has 0 fully saturated rings. The zero-order valence-corrected chi connectivity index (χ0v) is 10.5. The number of halogens is 9. The zero-order chi connectivity index (χ0) is 14.3. The summed E-state index contributed by atoms with van der Waals surface area (Å²) in [5, 5.41) is -2.11. The smallest absolute Gasteiger partial charge is 0.169 e. The molecule has 0 bridgehead atoms. The highest BCUT2D eigenvalue weighted by Gasteiger charge is 2.36. The maximum atomic E-state index is 11.5. The van der Waals surface area contributed by atoms with Crippen LogP contribution in [0.2, 0.25) is 0 Å². The minimum Gasteiger partial charge on any atom is -0.169 e. The highest BCUT2D eigenvalue weighted by molar-refractivity contribution is 6.56. The Balaban J connectivity index is 0. The lowest BCUT2D eigenvalue weighted by Crippen LogP contribution is -2.20. The van der Waals surface area contributed by atoms with Gasteiger partial charge in [-0.1, -0.05) is 29.3 Å². The van der Waals surface area contributed by atoms with Gasteiger partial charge in [0.1, 0.15) is 9.87 Å². The average Bonchev–Trinajstić information content (AvgIpc) is 1.99. The van der Waals surface area contributed by atoms with Crippen molar-refractivity contribution in [2.24, 2.45) is 0 Å². The monoisotopic (exact) mass is 322 g/mol. The zero-order valence-electron chi connectivity index (χ0n) is 8.21. The molecular formula is C8H7Cl3F6. The summed E-state index contributed by atoms with van der Waals surface area (Å²) in [6.45, 7) is 1.33. The number of hydrogen-bond acceptors (Lipinski definition) is 0. The second-order valence-electron chi connectivity index (χ2n) is 2.44. The first-order valence-electron chi connectivity index (χ1n) is 3.84. The van der Waals surface area contributed by atoms with Crippen molar-refractivity contribution in [3.8, 4) is 0 Å². The van der Waals surface area contributed by atoms with Crippen molar-refractivity contribution in [3.63, 3.8) is 0 Å². The van der Waals surface area contributed by atoms with Gasteiger partial charge in [0, 0.05) is 6.08 Å². The van der Waals surface area contributed by atoms with Crippen LogP contribution in [0.25, 0.3) is 0 Å². The number of alkyl halides is 7. The van der Waals surface area contributed by atoms with Crippen LogP contribution in [-0.4, -0.2) is 17.7 Å². The molecule has 0 radical (unpaired) electrons. The highest BCUT2D eigenvalue weighted by atomic mass is 35.5. The summed E-state index contributed by atoms with van der Waals surface area (Å²) in [6, 6.07) is 0. The Morgan fingerprint density at radius 3 is 1.53 bits per heavy atom. The van der Waals surface area contributed by atoms with Gasteiger partial charge in [0.2, 0.25) is 0 Å². The lowest BCUT2D eigenvalue weighted by atomic mass is 10.4. The van der Waals surface area contributed by atoms with Gasteiger partial charge < -0.3 is 0 Å². The summed E-state index contributed by atoms with van der Waals surface area (Å²) in [7, 11) is 0. The third-order valence-electron chi connectivity index (χ3n) is 0.941. The quantitative estimate of drug-likeness (QED) is 0.335.